The van der Waals surface area contributed by atoms with Crippen molar-refractivity contribution in [2.45, 2.75) is 25.9 Å². The Morgan fingerprint density at radius 2 is 2.17 bits per heavy atom. The Kier molecular flexibility index (Phi) is 5.22. The van der Waals surface area contributed by atoms with Crippen LogP contribution in [-0.2, 0) is 17.9 Å². The van der Waals surface area contributed by atoms with Gasteiger partial charge in [0, 0.05) is 19.0 Å². The number of carbonyl (C=O) groups is 1. The fraction of sp³-hybridized carbons (Fsp3) is 0.235. The molecule has 24 heavy (non-hydrogen) atoms. The summed E-state index contributed by atoms with van der Waals surface area (Å²) in [5.74, 6) is 0.638. The van der Waals surface area contributed by atoms with Gasteiger partial charge < -0.3 is 9.73 Å². The van der Waals surface area contributed by atoms with E-state index in [0.717, 1.165) is 10.6 Å². The zero-order valence-corrected chi connectivity index (χ0v) is 13.8. The molecule has 0 bridgehead atoms. The highest BCUT2D eigenvalue weighted by Gasteiger charge is 2.06. The van der Waals surface area contributed by atoms with Crippen molar-refractivity contribution in [1.29, 1.82) is 0 Å². The number of aromatic nitrogens is 2. The maximum atomic E-state index is 11.9. The highest BCUT2D eigenvalue weighted by molar-refractivity contribution is 7.13. The minimum atomic E-state index is -0.161. The van der Waals surface area contributed by atoms with E-state index in [-0.39, 0.29) is 11.5 Å². The van der Waals surface area contributed by atoms with Crippen LogP contribution in [0.2, 0.25) is 0 Å². The SMILES string of the molecule is O=C(CCCn1nc(-c2cccs2)ccc1=O)NCc1ccco1. The number of amides is 1. The third-order valence-electron chi connectivity index (χ3n) is 3.45. The van der Waals surface area contributed by atoms with Gasteiger partial charge >= 0.3 is 0 Å². The zero-order chi connectivity index (χ0) is 16.8. The minimum absolute atomic E-state index is 0.0751. The third kappa shape index (κ3) is 4.20. The number of aryl methyl sites for hydroxylation is 1. The Labute approximate surface area is 142 Å². The first-order valence-corrected chi connectivity index (χ1v) is 8.51. The smallest absolute Gasteiger partial charge is 0.266 e. The van der Waals surface area contributed by atoms with Crippen molar-refractivity contribution < 1.29 is 9.21 Å². The van der Waals surface area contributed by atoms with E-state index in [0.29, 0.717) is 31.7 Å². The van der Waals surface area contributed by atoms with Gasteiger partial charge in [-0.25, -0.2) is 4.68 Å². The second kappa shape index (κ2) is 7.74. The third-order valence-corrected chi connectivity index (χ3v) is 4.35. The molecule has 124 valence electrons. The van der Waals surface area contributed by atoms with Crippen molar-refractivity contribution in [2.75, 3.05) is 0 Å². The summed E-state index contributed by atoms with van der Waals surface area (Å²) in [6.45, 7) is 0.782. The van der Waals surface area contributed by atoms with Crippen molar-refractivity contribution in [2.24, 2.45) is 0 Å². The molecule has 0 radical (unpaired) electrons. The molecular formula is C17H17N3O3S. The van der Waals surface area contributed by atoms with Gasteiger partial charge in [-0.15, -0.1) is 11.3 Å². The lowest BCUT2D eigenvalue weighted by atomic mass is 10.3. The summed E-state index contributed by atoms with van der Waals surface area (Å²) >= 11 is 1.57. The maximum Gasteiger partial charge on any atom is 0.266 e. The normalized spacial score (nSPS) is 10.7. The van der Waals surface area contributed by atoms with E-state index in [4.69, 9.17) is 4.42 Å². The molecule has 3 heterocycles. The number of thiophene rings is 1. The maximum absolute atomic E-state index is 11.9. The van der Waals surface area contributed by atoms with E-state index in [9.17, 15) is 9.59 Å². The van der Waals surface area contributed by atoms with Crippen LogP contribution < -0.4 is 10.9 Å². The summed E-state index contributed by atoms with van der Waals surface area (Å²) in [6.07, 6.45) is 2.45. The molecule has 1 amide bonds. The first-order valence-electron chi connectivity index (χ1n) is 7.63. The molecule has 6 nitrogen and oxygen atoms in total. The molecule has 0 aromatic carbocycles. The van der Waals surface area contributed by atoms with Gasteiger partial charge in [-0.1, -0.05) is 6.07 Å². The summed E-state index contributed by atoms with van der Waals surface area (Å²) in [6, 6.07) is 10.7. The van der Waals surface area contributed by atoms with Crippen LogP contribution in [0.25, 0.3) is 10.6 Å². The predicted octanol–water partition coefficient (Wildman–Crippen LogP) is 2.66. The summed E-state index contributed by atoms with van der Waals surface area (Å²) in [7, 11) is 0. The van der Waals surface area contributed by atoms with Gasteiger partial charge in [0.25, 0.3) is 5.56 Å². The van der Waals surface area contributed by atoms with Gasteiger partial charge in [0.2, 0.25) is 5.91 Å². The van der Waals surface area contributed by atoms with Crippen LogP contribution in [-0.4, -0.2) is 15.7 Å². The lowest BCUT2D eigenvalue weighted by molar-refractivity contribution is -0.121. The summed E-state index contributed by atoms with van der Waals surface area (Å²) in [4.78, 5) is 24.7. The number of furan rings is 1. The molecule has 0 fully saturated rings. The van der Waals surface area contributed by atoms with Gasteiger partial charge in [0.1, 0.15) is 11.5 Å². The monoisotopic (exact) mass is 343 g/mol. The molecule has 0 aliphatic rings. The van der Waals surface area contributed by atoms with E-state index < -0.39 is 0 Å². The van der Waals surface area contributed by atoms with Crippen LogP contribution in [0, 0.1) is 0 Å². The summed E-state index contributed by atoms with van der Waals surface area (Å²) in [5, 5.41) is 9.12. The fourth-order valence-electron chi connectivity index (χ4n) is 2.24. The van der Waals surface area contributed by atoms with Crippen molar-refractivity contribution in [3.05, 3.63) is 64.2 Å². The van der Waals surface area contributed by atoms with Gasteiger partial charge in [-0.05, 0) is 36.1 Å². The highest BCUT2D eigenvalue weighted by atomic mass is 32.1. The Balaban J connectivity index is 1.52. The molecule has 0 aliphatic carbocycles. The van der Waals surface area contributed by atoms with Gasteiger partial charge in [-0.2, -0.15) is 5.10 Å². The van der Waals surface area contributed by atoms with E-state index in [1.54, 1.807) is 35.8 Å². The average molecular weight is 343 g/mol. The van der Waals surface area contributed by atoms with Crippen molar-refractivity contribution >= 4 is 17.2 Å². The Bertz CT molecular complexity index is 838. The van der Waals surface area contributed by atoms with E-state index in [2.05, 4.69) is 10.4 Å². The molecule has 3 aromatic heterocycles. The van der Waals surface area contributed by atoms with Crippen LogP contribution in [0.4, 0.5) is 0 Å². The molecule has 0 atom stereocenters. The van der Waals surface area contributed by atoms with Crippen LogP contribution in [0.5, 0.6) is 0 Å². The Morgan fingerprint density at radius 3 is 2.92 bits per heavy atom. The second-order valence-corrected chi connectivity index (χ2v) is 6.16. The predicted molar refractivity (Wildman–Crippen MR) is 91.6 cm³/mol. The lowest BCUT2D eigenvalue weighted by Gasteiger charge is -2.06. The second-order valence-electron chi connectivity index (χ2n) is 5.22. The minimum Gasteiger partial charge on any atom is -0.467 e. The van der Waals surface area contributed by atoms with Gasteiger partial charge in [0.15, 0.2) is 0 Å². The van der Waals surface area contributed by atoms with E-state index in [1.807, 2.05) is 17.5 Å². The number of rotatable bonds is 7. The first kappa shape index (κ1) is 16.2. The molecule has 3 rings (SSSR count). The molecule has 3 aromatic rings. The first-order chi connectivity index (χ1) is 11.7. The fourth-order valence-corrected chi connectivity index (χ4v) is 2.93. The average Bonchev–Trinajstić information content (AvgIpc) is 3.28. The number of nitrogens with one attached hydrogen (secondary N) is 1. The van der Waals surface area contributed by atoms with Crippen LogP contribution in [0.3, 0.4) is 0 Å². The molecule has 0 aliphatic heterocycles. The summed E-state index contributed by atoms with van der Waals surface area (Å²) in [5.41, 5.74) is 0.609. The molecule has 0 unspecified atom stereocenters. The van der Waals surface area contributed by atoms with Crippen molar-refractivity contribution in [1.82, 2.24) is 15.1 Å². The van der Waals surface area contributed by atoms with Crippen LogP contribution in [0.15, 0.2) is 57.3 Å². The number of hydrogen-bond donors (Lipinski definition) is 1. The van der Waals surface area contributed by atoms with Crippen LogP contribution in [0.1, 0.15) is 18.6 Å². The lowest BCUT2D eigenvalue weighted by Crippen LogP contribution is -2.25. The Morgan fingerprint density at radius 1 is 1.25 bits per heavy atom. The molecule has 0 spiro atoms. The largest absolute Gasteiger partial charge is 0.467 e. The Hall–Kier alpha value is -2.67. The summed E-state index contributed by atoms with van der Waals surface area (Å²) < 4.78 is 6.56. The molecule has 1 N–H and O–H groups in total. The van der Waals surface area contributed by atoms with E-state index >= 15 is 0 Å². The number of nitrogens with zero attached hydrogens (tertiary/aromatic N) is 2. The van der Waals surface area contributed by atoms with Crippen LogP contribution >= 0.6 is 11.3 Å². The van der Waals surface area contributed by atoms with Crippen molar-refractivity contribution in [3.63, 3.8) is 0 Å². The highest BCUT2D eigenvalue weighted by Crippen LogP contribution is 2.21. The number of carbonyl (C=O) groups excluding carboxylic acids is 1. The van der Waals surface area contributed by atoms with Crippen molar-refractivity contribution in [3.8, 4) is 10.6 Å². The molecule has 7 heteroatoms. The van der Waals surface area contributed by atoms with E-state index in [1.165, 1.54) is 10.7 Å². The quantitative estimate of drug-likeness (QED) is 0.715. The standard InChI is InChI=1S/C17H17N3O3S/c21-16(18-12-13-4-2-10-23-13)6-1-9-20-17(22)8-7-14(19-20)15-5-3-11-24-15/h2-5,7-8,10-11H,1,6,9,12H2,(H,18,21). The zero-order valence-electron chi connectivity index (χ0n) is 13.0. The van der Waals surface area contributed by atoms with Gasteiger partial charge in [-0.3, -0.25) is 9.59 Å². The molecule has 0 saturated heterocycles. The molecular weight excluding hydrogens is 326 g/mol. The van der Waals surface area contributed by atoms with Gasteiger partial charge in [0.05, 0.1) is 17.7 Å². The topological polar surface area (TPSA) is 77.1 Å². The number of hydrogen-bond acceptors (Lipinski definition) is 5. The molecule has 0 saturated carbocycles.